The number of allylic oxidation sites excluding steroid dienone is 1. The van der Waals surface area contributed by atoms with Crippen molar-refractivity contribution in [2.75, 3.05) is 5.75 Å². The highest BCUT2D eigenvalue weighted by molar-refractivity contribution is 7.99. The maximum absolute atomic E-state index is 13.4. The monoisotopic (exact) mass is 230 g/mol. The topological polar surface area (TPSA) is 29.5 Å². The maximum Gasteiger partial charge on any atom is 0.163 e. The molecular weight excluding hydrogens is 215 g/mol. The molecule has 2 atom stereocenters. The van der Waals surface area contributed by atoms with Crippen LogP contribution in [0.3, 0.4) is 0 Å². The number of thioether (sulfide) groups is 1. The highest BCUT2D eigenvalue weighted by atomic mass is 32.2. The van der Waals surface area contributed by atoms with E-state index >= 15 is 0 Å². The number of hydrogen-bond donors (Lipinski definition) is 1. The third-order valence-electron chi connectivity index (χ3n) is 2.52. The summed E-state index contributed by atoms with van der Waals surface area (Å²) in [6, 6.07) is 0. The van der Waals surface area contributed by atoms with Crippen molar-refractivity contribution in [1.82, 2.24) is 0 Å². The summed E-state index contributed by atoms with van der Waals surface area (Å²) in [6.07, 6.45) is 5.95. The van der Waals surface area contributed by atoms with Gasteiger partial charge in [0.15, 0.2) is 11.6 Å². The van der Waals surface area contributed by atoms with E-state index in [2.05, 4.69) is 0 Å². The van der Waals surface area contributed by atoms with Crippen LogP contribution in [-0.4, -0.2) is 22.4 Å². The second-order valence-electron chi connectivity index (χ2n) is 3.80. The molecule has 0 aromatic heterocycles. The number of ether oxygens (including phenoxy) is 1. The quantitative estimate of drug-likeness (QED) is 0.791. The average Bonchev–Trinajstić information content (AvgIpc) is 2.24. The maximum atomic E-state index is 13.4. The van der Waals surface area contributed by atoms with Crippen molar-refractivity contribution in [3.05, 3.63) is 23.7 Å². The van der Waals surface area contributed by atoms with Crippen LogP contribution in [0.2, 0.25) is 0 Å². The van der Waals surface area contributed by atoms with E-state index in [0.29, 0.717) is 12.2 Å². The first-order valence-electron chi connectivity index (χ1n) is 5.30. The van der Waals surface area contributed by atoms with Crippen LogP contribution in [0.4, 0.5) is 4.39 Å². The lowest BCUT2D eigenvalue weighted by atomic mass is 10.1. The van der Waals surface area contributed by atoms with Crippen molar-refractivity contribution >= 4 is 11.8 Å². The van der Waals surface area contributed by atoms with E-state index in [4.69, 9.17) is 4.74 Å². The van der Waals surface area contributed by atoms with Gasteiger partial charge in [0.1, 0.15) is 5.44 Å². The predicted molar refractivity (Wildman–Crippen MR) is 59.1 cm³/mol. The smallest absolute Gasteiger partial charge is 0.163 e. The minimum atomic E-state index is -0.698. The molecule has 0 aromatic carbocycles. The Morgan fingerprint density at radius 1 is 1.47 bits per heavy atom. The fraction of sp³-hybridized carbons (Fsp3) is 0.636. The molecule has 1 aliphatic heterocycles. The summed E-state index contributed by atoms with van der Waals surface area (Å²) < 4.78 is 18.9. The van der Waals surface area contributed by atoms with Gasteiger partial charge < -0.3 is 9.84 Å². The van der Waals surface area contributed by atoms with E-state index in [1.807, 2.05) is 0 Å². The Balaban J connectivity index is 1.91. The van der Waals surface area contributed by atoms with E-state index in [1.165, 1.54) is 12.5 Å². The molecule has 1 N–H and O–H groups in total. The molecule has 2 unspecified atom stereocenters. The minimum absolute atomic E-state index is 0.0828. The van der Waals surface area contributed by atoms with Crippen LogP contribution in [0.5, 0.6) is 0 Å². The summed E-state index contributed by atoms with van der Waals surface area (Å²) in [6.45, 7) is 0. The molecule has 0 spiro atoms. The molecule has 1 saturated heterocycles. The van der Waals surface area contributed by atoms with Crippen molar-refractivity contribution in [3.8, 4) is 0 Å². The van der Waals surface area contributed by atoms with Gasteiger partial charge in [-0.1, -0.05) is 0 Å². The SMILES string of the molecule is OC1C=C(F)C(OC2CCCCS2)=CC1. The fourth-order valence-electron chi connectivity index (χ4n) is 1.69. The molecule has 84 valence electrons. The van der Waals surface area contributed by atoms with Gasteiger partial charge in [-0.2, -0.15) is 0 Å². The zero-order valence-electron chi connectivity index (χ0n) is 8.49. The van der Waals surface area contributed by atoms with Crippen LogP contribution >= 0.6 is 11.8 Å². The van der Waals surface area contributed by atoms with Gasteiger partial charge in [-0.25, -0.2) is 4.39 Å². The standard InChI is InChI=1S/C11H15FO2S/c12-9-7-8(13)4-5-10(9)14-11-3-1-2-6-15-11/h5,7-8,11,13H,1-4,6H2. The van der Waals surface area contributed by atoms with Gasteiger partial charge in [0.25, 0.3) is 0 Å². The molecule has 1 heterocycles. The first kappa shape index (κ1) is 11.0. The van der Waals surface area contributed by atoms with E-state index in [1.54, 1.807) is 17.8 Å². The average molecular weight is 230 g/mol. The third-order valence-corrected chi connectivity index (χ3v) is 3.74. The molecule has 0 amide bonds. The van der Waals surface area contributed by atoms with Gasteiger partial charge in [0, 0.05) is 0 Å². The Labute approximate surface area is 93.2 Å². The van der Waals surface area contributed by atoms with Crippen LogP contribution in [0, 0.1) is 0 Å². The molecular formula is C11H15FO2S. The molecule has 0 saturated carbocycles. The van der Waals surface area contributed by atoms with Crippen LogP contribution < -0.4 is 0 Å². The number of hydrogen-bond acceptors (Lipinski definition) is 3. The Kier molecular flexibility index (Phi) is 3.70. The molecule has 2 nitrogen and oxygen atoms in total. The Morgan fingerprint density at radius 2 is 2.33 bits per heavy atom. The number of rotatable bonds is 2. The molecule has 0 bridgehead atoms. The Hall–Kier alpha value is -0.480. The molecule has 4 heteroatoms. The van der Waals surface area contributed by atoms with Crippen molar-refractivity contribution < 1.29 is 14.2 Å². The van der Waals surface area contributed by atoms with Gasteiger partial charge in [-0.05, 0) is 43.6 Å². The fourth-order valence-corrected chi connectivity index (χ4v) is 2.83. The normalized spacial score (nSPS) is 31.9. The Bertz CT molecular complexity index is 282. The van der Waals surface area contributed by atoms with E-state index in [0.717, 1.165) is 18.6 Å². The molecule has 0 aromatic rings. The highest BCUT2D eigenvalue weighted by Crippen LogP contribution is 2.31. The van der Waals surface area contributed by atoms with Gasteiger partial charge >= 0.3 is 0 Å². The molecule has 2 rings (SSSR count). The second-order valence-corrected chi connectivity index (χ2v) is 5.07. The summed E-state index contributed by atoms with van der Waals surface area (Å²) in [5.41, 5.74) is 0.0828. The first-order chi connectivity index (χ1) is 7.25. The van der Waals surface area contributed by atoms with Crippen LogP contribution in [-0.2, 0) is 4.74 Å². The molecule has 1 aliphatic carbocycles. The van der Waals surface area contributed by atoms with E-state index in [9.17, 15) is 9.50 Å². The van der Waals surface area contributed by atoms with Gasteiger partial charge in [0.05, 0.1) is 6.10 Å². The van der Waals surface area contributed by atoms with Crippen LogP contribution in [0.25, 0.3) is 0 Å². The Morgan fingerprint density at radius 3 is 3.00 bits per heavy atom. The molecule has 2 aliphatic rings. The van der Waals surface area contributed by atoms with Gasteiger partial charge in [-0.15, -0.1) is 11.8 Å². The number of aliphatic hydroxyl groups excluding tert-OH is 1. The van der Waals surface area contributed by atoms with E-state index in [-0.39, 0.29) is 5.44 Å². The lowest BCUT2D eigenvalue weighted by Gasteiger charge is -2.24. The lowest BCUT2D eigenvalue weighted by molar-refractivity contribution is 0.158. The summed E-state index contributed by atoms with van der Waals surface area (Å²) in [4.78, 5) is 0. The first-order valence-corrected chi connectivity index (χ1v) is 6.35. The zero-order valence-corrected chi connectivity index (χ0v) is 9.30. The molecule has 0 radical (unpaired) electrons. The lowest BCUT2D eigenvalue weighted by Crippen LogP contribution is -2.16. The van der Waals surface area contributed by atoms with Crippen molar-refractivity contribution in [1.29, 1.82) is 0 Å². The van der Waals surface area contributed by atoms with Crippen molar-refractivity contribution in [2.24, 2.45) is 0 Å². The number of halogens is 1. The van der Waals surface area contributed by atoms with Crippen molar-refractivity contribution in [3.63, 3.8) is 0 Å². The minimum Gasteiger partial charge on any atom is -0.477 e. The third kappa shape index (κ3) is 2.98. The second kappa shape index (κ2) is 5.03. The van der Waals surface area contributed by atoms with Crippen LogP contribution in [0.1, 0.15) is 25.7 Å². The predicted octanol–water partition coefficient (Wildman–Crippen LogP) is 2.75. The zero-order chi connectivity index (χ0) is 10.7. The van der Waals surface area contributed by atoms with Gasteiger partial charge in [-0.3, -0.25) is 0 Å². The highest BCUT2D eigenvalue weighted by Gasteiger charge is 2.21. The largest absolute Gasteiger partial charge is 0.477 e. The summed E-state index contributed by atoms with van der Waals surface area (Å²) in [5, 5.41) is 9.18. The van der Waals surface area contributed by atoms with E-state index < -0.39 is 11.9 Å². The summed E-state index contributed by atoms with van der Waals surface area (Å²) >= 11 is 1.74. The molecule has 1 fully saturated rings. The van der Waals surface area contributed by atoms with Gasteiger partial charge in [0.2, 0.25) is 0 Å². The summed E-state index contributed by atoms with van der Waals surface area (Å²) in [7, 11) is 0. The van der Waals surface area contributed by atoms with Crippen LogP contribution in [0.15, 0.2) is 23.7 Å². The number of aliphatic hydroxyl groups is 1. The summed E-state index contributed by atoms with van der Waals surface area (Å²) in [5.74, 6) is 0.964. The molecule has 15 heavy (non-hydrogen) atoms. The van der Waals surface area contributed by atoms with Crippen molar-refractivity contribution in [2.45, 2.75) is 37.2 Å².